The number of ketones is 1. The van der Waals surface area contributed by atoms with E-state index in [2.05, 4.69) is 0 Å². The minimum absolute atomic E-state index is 0.0467. The van der Waals surface area contributed by atoms with E-state index in [9.17, 15) is 9.59 Å². The lowest BCUT2D eigenvalue weighted by Gasteiger charge is -2.12. The van der Waals surface area contributed by atoms with Crippen molar-refractivity contribution in [3.63, 3.8) is 0 Å². The van der Waals surface area contributed by atoms with Gasteiger partial charge in [-0.25, -0.2) is 4.98 Å². The van der Waals surface area contributed by atoms with Crippen molar-refractivity contribution < 1.29 is 4.79 Å². The van der Waals surface area contributed by atoms with Crippen molar-refractivity contribution in [2.24, 2.45) is 0 Å². The van der Waals surface area contributed by atoms with Crippen molar-refractivity contribution in [3.8, 4) is 16.8 Å². The molecule has 0 radical (unpaired) electrons. The summed E-state index contributed by atoms with van der Waals surface area (Å²) in [6.07, 6.45) is 0. The third kappa shape index (κ3) is 3.53. The summed E-state index contributed by atoms with van der Waals surface area (Å²) in [7, 11) is 0. The summed E-state index contributed by atoms with van der Waals surface area (Å²) in [5.74, 6) is 0.325. The minimum atomic E-state index is -0.112. The van der Waals surface area contributed by atoms with Gasteiger partial charge in [0.2, 0.25) is 0 Å². The van der Waals surface area contributed by atoms with Crippen LogP contribution in [-0.2, 0) is 4.79 Å². The average Bonchev–Trinajstić information content (AvgIpc) is 3.12. The number of fused-ring (bicyclic) bond motifs is 1. The number of hydrogen-bond acceptors (Lipinski definition) is 5. The number of thioether (sulfide) groups is 1. The SMILES string of the molecule is CC(=O)CSc1nc2scc(-c3ccc(C)cc3)c2c(=O)n1-c1ccccc1. The first-order chi connectivity index (χ1) is 13.5. The lowest BCUT2D eigenvalue weighted by atomic mass is 10.1. The second kappa shape index (κ2) is 7.73. The Labute approximate surface area is 170 Å². The zero-order chi connectivity index (χ0) is 19.7. The number of carbonyl (C=O) groups excluding carboxylic acids is 1. The van der Waals surface area contributed by atoms with Crippen molar-refractivity contribution in [1.82, 2.24) is 9.55 Å². The quantitative estimate of drug-likeness (QED) is 0.342. The number of nitrogens with zero attached hydrogens (tertiary/aromatic N) is 2. The third-order valence-corrected chi connectivity index (χ3v) is 6.31. The molecule has 0 saturated heterocycles. The zero-order valence-corrected chi connectivity index (χ0v) is 17.1. The van der Waals surface area contributed by atoms with E-state index < -0.39 is 0 Å². The molecule has 4 nitrogen and oxygen atoms in total. The highest BCUT2D eigenvalue weighted by Crippen LogP contribution is 2.33. The molecule has 0 amide bonds. The molecular formula is C22H18N2O2S2. The molecule has 0 fully saturated rings. The monoisotopic (exact) mass is 406 g/mol. The van der Waals surface area contributed by atoms with Gasteiger partial charge in [0, 0.05) is 10.9 Å². The Hall–Kier alpha value is -2.70. The van der Waals surface area contributed by atoms with Crippen molar-refractivity contribution >= 4 is 39.1 Å². The number of benzene rings is 2. The maximum Gasteiger partial charge on any atom is 0.268 e. The first kappa shape index (κ1) is 18.7. The second-order valence-electron chi connectivity index (χ2n) is 6.56. The van der Waals surface area contributed by atoms with Crippen molar-refractivity contribution in [2.75, 3.05) is 5.75 Å². The first-order valence-corrected chi connectivity index (χ1v) is 10.7. The molecule has 2 heterocycles. The van der Waals surface area contributed by atoms with Gasteiger partial charge in [-0.05, 0) is 31.5 Å². The molecule has 0 atom stereocenters. The van der Waals surface area contributed by atoms with Crippen LogP contribution < -0.4 is 5.56 Å². The number of Topliss-reactive ketones (excluding diaryl/α,β-unsaturated/α-hetero) is 1. The minimum Gasteiger partial charge on any atom is -0.299 e. The zero-order valence-electron chi connectivity index (χ0n) is 15.5. The van der Waals surface area contributed by atoms with E-state index >= 15 is 0 Å². The highest BCUT2D eigenvalue weighted by Gasteiger charge is 2.18. The summed E-state index contributed by atoms with van der Waals surface area (Å²) in [4.78, 5) is 30.5. The Kier molecular flexibility index (Phi) is 5.15. The van der Waals surface area contributed by atoms with Gasteiger partial charge in [0.25, 0.3) is 5.56 Å². The van der Waals surface area contributed by atoms with Crippen LogP contribution in [0.3, 0.4) is 0 Å². The molecule has 4 aromatic rings. The van der Waals surface area contributed by atoms with Gasteiger partial charge in [-0.2, -0.15) is 0 Å². The van der Waals surface area contributed by atoms with Crippen LogP contribution in [0.1, 0.15) is 12.5 Å². The maximum absolute atomic E-state index is 13.5. The number of para-hydroxylation sites is 1. The van der Waals surface area contributed by atoms with E-state index in [4.69, 9.17) is 4.98 Å². The van der Waals surface area contributed by atoms with Gasteiger partial charge in [0.1, 0.15) is 10.6 Å². The molecular weight excluding hydrogens is 388 g/mol. The van der Waals surface area contributed by atoms with Crippen LogP contribution in [-0.4, -0.2) is 21.1 Å². The largest absolute Gasteiger partial charge is 0.299 e. The molecule has 0 N–H and O–H groups in total. The van der Waals surface area contributed by atoms with Gasteiger partial charge >= 0.3 is 0 Å². The number of hydrogen-bond donors (Lipinski definition) is 0. The Morgan fingerprint density at radius 3 is 2.50 bits per heavy atom. The van der Waals surface area contributed by atoms with Crippen molar-refractivity contribution in [1.29, 1.82) is 0 Å². The highest BCUT2D eigenvalue weighted by molar-refractivity contribution is 7.99. The fraction of sp³-hybridized carbons (Fsp3) is 0.136. The van der Waals surface area contributed by atoms with E-state index in [-0.39, 0.29) is 17.1 Å². The standard InChI is InChI=1S/C22H18N2O2S2/c1-14-8-10-16(11-9-14)18-13-27-20-19(18)21(26)24(17-6-4-3-5-7-17)22(23-20)28-12-15(2)25/h3-11,13H,12H2,1-2H3. The molecule has 140 valence electrons. The molecule has 0 bridgehead atoms. The fourth-order valence-electron chi connectivity index (χ4n) is 2.99. The lowest BCUT2D eigenvalue weighted by Crippen LogP contribution is -2.21. The average molecular weight is 407 g/mol. The third-order valence-electron chi connectivity index (χ3n) is 4.36. The maximum atomic E-state index is 13.5. The number of aryl methyl sites for hydroxylation is 1. The molecule has 4 rings (SSSR count). The van der Waals surface area contributed by atoms with Gasteiger partial charge in [-0.15, -0.1) is 11.3 Å². The Morgan fingerprint density at radius 2 is 1.82 bits per heavy atom. The van der Waals surface area contributed by atoms with Crippen molar-refractivity contribution in [3.05, 3.63) is 75.9 Å². The molecule has 28 heavy (non-hydrogen) atoms. The highest BCUT2D eigenvalue weighted by atomic mass is 32.2. The Balaban J connectivity index is 1.97. The van der Waals surface area contributed by atoms with E-state index in [1.54, 1.807) is 4.57 Å². The predicted molar refractivity (Wildman–Crippen MR) is 117 cm³/mol. The van der Waals surface area contributed by atoms with Crippen molar-refractivity contribution in [2.45, 2.75) is 19.0 Å². The van der Waals surface area contributed by atoms with Crippen LogP contribution in [0.5, 0.6) is 0 Å². The summed E-state index contributed by atoms with van der Waals surface area (Å²) in [5, 5.41) is 3.14. The molecule has 0 unspecified atom stereocenters. The molecule has 2 aromatic heterocycles. The Morgan fingerprint density at radius 1 is 1.11 bits per heavy atom. The van der Waals surface area contributed by atoms with Gasteiger partial charge in [-0.1, -0.05) is 59.8 Å². The van der Waals surface area contributed by atoms with Gasteiger partial charge in [0.05, 0.1) is 16.8 Å². The normalized spacial score (nSPS) is 11.1. The van der Waals surface area contributed by atoms with Gasteiger partial charge in [-0.3, -0.25) is 14.2 Å². The molecule has 0 spiro atoms. The van der Waals surface area contributed by atoms with Crippen LogP contribution in [0.25, 0.3) is 27.0 Å². The molecule has 0 aliphatic carbocycles. The predicted octanol–water partition coefficient (Wildman–Crippen LogP) is 5.10. The topological polar surface area (TPSA) is 52.0 Å². The van der Waals surface area contributed by atoms with Crippen LogP contribution in [0.4, 0.5) is 0 Å². The van der Waals surface area contributed by atoms with Gasteiger partial charge < -0.3 is 0 Å². The fourth-order valence-corrected chi connectivity index (χ4v) is 4.79. The second-order valence-corrected chi connectivity index (χ2v) is 8.36. The molecule has 0 aliphatic heterocycles. The summed E-state index contributed by atoms with van der Waals surface area (Å²) in [6, 6.07) is 17.6. The van der Waals surface area contributed by atoms with E-state index in [1.807, 2.05) is 66.9 Å². The number of aromatic nitrogens is 2. The summed E-state index contributed by atoms with van der Waals surface area (Å²) in [6.45, 7) is 3.58. The molecule has 0 aliphatic rings. The van der Waals surface area contributed by atoms with Crippen LogP contribution in [0, 0.1) is 6.92 Å². The van der Waals surface area contributed by atoms with E-state index in [0.29, 0.717) is 15.4 Å². The van der Waals surface area contributed by atoms with E-state index in [0.717, 1.165) is 16.8 Å². The summed E-state index contributed by atoms with van der Waals surface area (Å²) in [5.41, 5.74) is 3.70. The van der Waals surface area contributed by atoms with Crippen LogP contribution >= 0.6 is 23.1 Å². The smallest absolute Gasteiger partial charge is 0.268 e. The number of rotatable bonds is 5. The van der Waals surface area contributed by atoms with Crippen LogP contribution in [0.2, 0.25) is 0 Å². The molecule has 0 saturated carbocycles. The summed E-state index contributed by atoms with van der Waals surface area (Å²) >= 11 is 2.75. The number of carbonyl (C=O) groups is 1. The van der Waals surface area contributed by atoms with E-state index in [1.165, 1.54) is 35.6 Å². The first-order valence-electron chi connectivity index (χ1n) is 8.83. The Bertz CT molecular complexity index is 1210. The number of thiophene rings is 1. The van der Waals surface area contributed by atoms with Gasteiger partial charge in [0.15, 0.2) is 5.16 Å². The summed E-state index contributed by atoms with van der Waals surface area (Å²) < 4.78 is 1.61. The molecule has 6 heteroatoms. The molecule has 2 aromatic carbocycles. The lowest BCUT2D eigenvalue weighted by molar-refractivity contribution is -0.114. The van der Waals surface area contributed by atoms with Crippen LogP contribution in [0.15, 0.2) is 69.9 Å².